The van der Waals surface area contributed by atoms with Crippen molar-refractivity contribution in [2.45, 2.75) is 19.8 Å². The van der Waals surface area contributed by atoms with Gasteiger partial charge in [0, 0.05) is 0 Å². The summed E-state index contributed by atoms with van der Waals surface area (Å²) in [5.74, 6) is 0. The van der Waals surface area contributed by atoms with E-state index in [9.17, 15) is 0 Å². The highest BCUT2D eigenvalue weighted by Gasteiger charge is 2.42. The first-order chi connectivity index (χ1) is 5.62. The van der Waals surface area contributed by atoms with Crippen molar-refractivity contribution < 1.29 is 0 Å². The molecular weight excluding hydrogens is 195 g/mol. The van der Waals surface area contributed by atoms with Gasteiger partial charge in [-0.2, -0.15) is 0 Å². The minimum Gasteiger partial charge on any atom is -0.289 e. The molecule has 2 nitrogen and oxygen atoms in total. The predicted molar refractivity (Wildman–Crippen MR) is 50.4 cm³/mol. The van der Waals surface area contributed by atoms with Crippen molar-refractivity contribution in [2.24, 2.45) is 5.41 Å². The monoisotopic (exact) mass is 204 g/mol. The molecule has 0 aromatic heterocycles. The Balaban J connectivity index is 2.32. The average Bonchev–Trinajstić information content (AvgIpc) is 2.75. The summed E-state index contributed by atoms with van der Waals surface area (Å²) < 4.78 is 0. The maximum atomic E-state index is 5.98. The summed E-state index contributed by atoms with van der Waals surface area (Å²) in [7, 11) is 0. The lowest BCUT2D eigenvalue weighted by atomic mass is 9.99. The third-order valence-corrected chi connectivity index (χ3v) is 2.95. The van der Waals surface area contributed by atoms with E-state index in [0.29, 0.717) is 10.3 Å². The number of halogens is 2. The Morgan fingerprint density at radius 1 is 1.33 bits per heavy atom. The van der Waals surface area contributed by atoms with E-state index >= 15 is 0 Å². The fourth-order valence-electron chi connectivity index (χ4n) is 1.30. The Labute approximate surface area is 81.6 Å². The molecule has 12 heavy (non-hydrogen) atoms. The van der Waals surface area contributed by atoms with E-state index in [1.807, 2.05) is 6.08 Å². The van der Waals surface area contributed by atoms with Crippen LogP contribution in [-0.4, -0.2) is 0 Å². The molecule has 0 aromatic carbocycles. The molecule has 0 radical (unpaired) electrons. The smallest absolute Gasteiger partial charge is 0.124 e. The minimum absolute atomic E-state index is 0.256. The fraction of sp³-hybridized carbons (Fsp3) is 0.500. The average molecular weight is 205 g/mol. The zero-order valence-corrected chi connectivity index (χ0v) is 8.26. The van der Waals surface area contributed by atoms with Crippen molar-refractivity contribution in [1.29, 1.82) is 0 Å². The number of hydrogen-bond donors (Lipinski definition) is 2. The van der Waals surface area contributed by atoms with Gasteiger partial charge in [0.25, 0.3) is 0 Å². The van der Waals surface area contributed by atoms with Crippen LogP contribution in [0.25, 0.3) is 0 Å². The third-order valence-electron chi connectivity index (χ3n) is 2.45. The maximum absolute atomic E-state index is 5.98. The van der Waals surface area contributed by atoms with Gasteiger partial charge in [-0.3, -0.25) is 10.9 Å². The van der Waals surface area contributed by atoms with Crippen LogP contribution >= 0.6 is 23.2 Å². The Hall–Kier alpha value is -0.340. The van der Waals surface area contributed by atoms with Crippen LogP contribution in [0.1, 0.15) is 19.8 Å². The molecule has 1 saturated carbocycles. The van der Waals surface area contributed by atoms with Crippen molar-refractivity contribution in [3.8, 4) is 0 Å². The second-order valence-electron chi connectivity index (χ2n) is 3.53. The molecule has 0 amide bonds. The second-order valence-corrected chi connectivity index (χ2v) is 4.32. The molecule has 1 aliphatic heterocycles. The third kappa shape index (κ3) is 1.29. The summed E-state index contributed by atoms with van der Waals surface area (Å²) in [6.07, 6.45) is 4.29. The van der Waals surface area contributed by atoms with E-state index in [2.05, 4.69) is 17.8 Å². The molecule has 1 heterocycles. The van der Waals surface area contributed by atoms with Crippen LogP contribution in [0.5, 0.6) is 0 Å². The first kappa shape index (κ1) is 8.27. The molecule has 1 aliphatic carbocycles. The van der Waals surface area contributed by atoms with Gasteiger partial charge in [0.05, 0.1) is 0 Å². The molecule has 0 unspecified atom stereocenters. The van der Waals surface area contributed by atoms with E-state index in [0.717, 1.165) is 5.57 Å². The predicted octanol–water partition coefficient (Wildman–Crippen LogP) is 2.42. The molecule has 1 fully saturated rings. The molecule has 0 bridgehead atoms. The van der Waals surface area contributed by atoms with Crippen LogP contribution in [-0.2, 0) is 0 Å². The van der Waals surface area contributed by atoms with Gasteiger partial charge in [0.1, 0.15) is 10.3 Å². The molecule has 0 spiro atoms. The summed E-state index contributed by atoms with van der Waals surface area (Å²) >= 11 is 11.8. The minimum atomic E-state index is 0.256. The lowest BCUT2D eigenvalue weighted by Crippen LogP contribution is -2.31. The van der Waals surface area contributed by atoms with Crippen LogP contribution in [0.3, 0.4) is 0 Å². The van der Waals surface area contributed by atoms with Gasteiger partial charge in [0.15, 0.2) is 0 Å². The van der Waals surface area contributed by atoms with Crippen LogP contribution in [0.15, 0.2) is 22.0 Å². The van der Waals surface area contributed by atoms with Crippen molar-refractivity contribution >= 4 is 23.2 Å². The lowest BCUT2D eigenvalue weighted by molar-refractivity contribution is 0.648. The normalized spacial score (nSPS) is 25.8. The number of hydrogen-bond acceptors (Lipinski definition) is 2. The Bertz CT molecular complexity index is 277. The number of hydrazine groups is 1. The van der Waals surface area contributed by atoms with E-state index in [1.54, 1.807) is 0 Å². The first-order valence-electron chi connectivity index (χ1n) is 3.91. The standard InChI is InChI=1S/C8H10Cl2N2/c1-8(2-3-8)5-4-6(9)11-12-7(5)10/h4,11-12H,2-3H2,1H3. The van der Waals surface area contributed by atoms with E-state index < -0.39 is 0 Å². The summed E-state index contributed by atoms with van der Waals surface area (Å²) in [6.45, 7) is 2.19. The van der Waals surface area contributed by atoms with Crippen LogP contribution in [0, 0.1) is 5.41 Å². The Morgan fingerprint density at radius 3 is 2.58 bits per heavy atom. The van der Waals surface area contributed by atoms with Crippen molar-refractivity contribution in [2.75, 3.05) is 0 Å². The molecule has 2 aliphatic rings. The van der Waals surface area contributed by atoms with Gasteiger partial charge in [-0.05, 0) is 29.9 Å². The van der Waals surface area contributed by atoms with Crippen LogP contribution in [0.4, 0.5) is 0 Å². The topological polar surface area (TPSA) is 24.1 Å². The molecule has 2 N–H and O–H groups in total. The zero-order valence-electron chi connectivity index (χ0n) is 6.75. The summed E-state index contributed by atoms with van der Waals surface area (Å²) in [5, 5.41) is 1.27. The van der Waals surface area contributed by atoms with Crippen LogP contribution in [0.2, 0.25) is 0 Å². The Morgan fingerprint density at radius 2 is 2.00 bits per heavy atom. The Kier molecular flexibility index (Phi) is 1.77. The molecule has 0 saturated heterocycles. The SMILES string of the molecule is CC1(C2=C(Cl)NNC(Cl)=C2)CC1. The maximum Gasteiger partial charge on any atom is 0.124 e. The van der Waals surface area contributed by atoms with Crippen LogP contribution < -0.4 is 10.9 Å². The summed E-state index contributed by atoms with van der Waals surface area (Å²) in [6, 6.07) is 0. The molecule has 0 atom stereocenters. The van der Waals surface area contributed by atoms with E-state index in [-0.39, 0.29) is 5.41 Å². The fourth-order valence-corrected chi connectivity index (χ4v) is 1.79. The van der Waals surface area contributed by atoms with Gasteiger partial charge >= 0.3 is 0 Å². The summed E-state index contributed by atoms with van der Waals surface area (Å²) in [4.78, 5) is 0. The van der Waals surface area contributed by atoms with E-state index in [4.69, 9.17) is 23.2 Å². The van der Waals surface area contributed by atoms with Gasteiger partial charge in [0.2, 0.25) is 0 Å². The first-order valence-corrected chi connectivity index (χ1v) is 4.67. The highest BCUT2D eigenvalue weighted by atomic mass is 35.5. The van der Waals surface area contributed by atoms with Gasteiger partial charge in [-0.25, -0.2) is 0 Å². The molecular formula is C8H10Cl2N2. The second kappa shape index (κ2) is 2.57. The highest BCUT2D eigenvalue weighted by molar-refractivity contribution is 6.32. The molecule has 4 heteroatoms. The van der Waals surface area contributed by atoms with Gasteiger partial charge in [-0.15, -0.1) is 0 Å². The molecule has 0 aromatic rings. The number of nitrogens with one attached hydrogen (secondary N) is 2. The lowest BCUT2D eigenvalue weighted by Gasteiger charge is -2.20. The molecule has 2 rings (SSSR count). The van der Waals surface area contributed by atoms with Crippen molar-refractivity contribution in [3.63, 3.8) is 0 Å². The van der Waals surface area contributed by atoms with Gasteiger partial charge < -0.3 is 0 Å². The quantitative estimate of drug-likeness (QED) is 0.642. The molecule has 66 valence electrons. The highest BCUT2D eigenvalue weighted by Crippen LogP contribution is 2.53. The van der Waals surface area contributed by atoms with Crippen molar-refractivity contribution in [1.82, 2.24) is 10.9 Å². The zero-order chi connectivity index (χ0) is 8.77. The number of rotatable bonds is 1. The number of allylic oxidation sites excluding steroid dienone is 2. The largest absolute Gasteiger partial charge is 0.289 e. The van der Waals surface area contributed by atoms with Crippen molar-refractivity contribution in [3.05, 3.63) is 22.0 Å². The van der Waals surface area contributed by atoms with E-state index in [1.165, 1.54) is 12.8 Å². The van der Waals surface area contributed by atoms with Gasteiger partial charge in [-0.1, -0.05) is 30.1 Å². The summed E-state index contributed by atoms with van der Waals surface area (Å²) in [5.41, 5.74) is 6.95.